The number of hydrogen-bond acceptors (Lipinski definition) is 7. The van der Waals surface area contributed by atoms with Gasteiger partial charge in [-0.2, -0.15) is 0 Å². The van der Waals surface area contributed by atoms with Crippen molar-refractivity contribution in [3.05, 3.63) is 47.9 Å². The maximum absolute atomic E-state index is 12.8. The number of likely N-dealkylation sites (tertiary alicyclic amines) is 1. The molecular formula is C28H43N5O3. The van der Waals surface area contributed by atoms with Crippen molar-refractivity contribution < 1.29 is 15.0 Å². The van der Waals surface area contributed by atoms with Crippen LogP contribution in [0.25, 0.3) is 5.70 Å². The zero-order chi connectivity index (χ0) is 26.4. The summed E-state index contributed by atoms with van der Waals surface area (Å²) in [5, 5.41) is 23.3. The van der Waals surface area contributed by atoms with Gasteiger partial charge < -0.3 is 25.3 Å². The van der Waals surface area contributed by atoms with Gasteiger partial charge in [-0.25, -0.2) is 4.98 Å². The Morgan fingerprint density at radius 3 is 2.50 bits per heavy atom. The second-order valence-corrected chi connectivity index (χ2v) is 10.3. The minimum Gasteiger partial charge on any atom is -0.513 e. The Morgan fingerprint density at radius 1 is 1.22 bits per heavy atom. The summed E-state index contributed by atoms with van der Waals surface area (Å²) in [5.74, 6) is 1.49. The highest BCUT2D eigenvalue weighted by molar-refractivity contribution is 5.93. The molecule has 3 rings (SSSR count). The summed E-state index contributed by atoms with van der Waals surface area (Å²) < 4.78 is 0. The Balaban J connectivity index is 1.64. The number of nitrogens with one attached hydrogen (secondary N) is 1. The van der Waals surface area contributed by atoms with Gasteiger partial charge in [-0.1, -0.05) is 26.5 Å². The van der Waals surface area contributed by atoms with Gasteiger partial charge in [-0.15, -0.1) is 0 Å². The van der Waals surface area contributed by atoms with Gasteiger partial charge in [0.15, 0.2) is 11.6 Å². The van der Waals surface area contributed by atoms with E-state index in [1.807, 2.05) is 11.8 Å². The first-order valence-corrected chi connectivity index (χ1v) is 13.1. The van der Waals surface area contributed by atoms with Crippen molar-refractivity contribution in [3.8, 4) is 5.75 Å². The molecule has 1 unspecified atom stereocenters. The lowest BCUT2D eigenvalue weighted by molar-refractivity contribution is -0.128. The molecule has 36 heavy (non-hydrogen) atoms. The number of aliphatic hydroxyl groups excluding tert-OH is 1. The minimum atomic E-state index is 0.0398. The van der Waals surface area contributed by atoms with Crippen LogP contribution < -0.4 is 10.2 Å². The molecule has 3 heterocycles. The molecule has 2 aliphatic heterocycles. The Labute approximate surface area is 216 Å². The summed E-state index contributed by atoms with van der Waals surface area (Å²) in [6.45, 7) is 18.7. The van der Waals surface area contributed by atoms with Crippen LogP contribution in [0.15, 0.2) is 42.3 Å². The maximum Gasteiger partial charge on any atom is 0.249 e. The third-order valence-electron chi connectivity index (χ3n) is 7.25. The predicted molar refractivity (Wildman–Crippen MR) is 146 cm³/mol. The molecule has 0 bridgehead atoms. The molecule has 1 aromatic heterocycles. The SMILES string of the molecule is C=C(NCC)c1cnc(N2CCN(C3CCN(C(=O)/C(C)=C/C=C(\C)O)CC3)C(C(C)C)C2)c(O)c1. The third kappa shape index (κ3) is 6.60. The van der Waals surface area contributed by atoms with Gasteiger partial charge >= 0.3 is 0 Å². The molecule has 1 atom stereocenters. The van der Waals surface area contributed by atoms with Crippen LogP contribution in [-0.2, 0) is 4.79 Å². The molecule has 0 saturated carbocycles. The number of pyridine rings is 1. The number of aromatic hydroxyl groups is 1. The number of aromatic nitrogens is 1. The number of anilines is 1. The number of amides is 1. The minimum absolute atomic E-state index is 0.0398. The van der Waals surface area contributed by atoms with Crippen LogP contribution in [0.5, 0.6) is 5.75 Å². The van der Waals surface area contributed by atoms with Crippen molar-refractivity contribution in [2.24, 2.45) is 5.92 Å². The molecule has 198 valence electrons. The average molecular weight is 498 g/mol. The van der Waals surface area contributed by atoms with Crippen molar-refractivity contribution in [2.45, 2.75) is 59.5 Å². The first-order valence-electron chi connectivity index (χ1n) is 13.1. The normalized spacial score (nSPS) is 20.7. The molecule has 8 heteroatoms. The zero-order valence-electron chi connectivity index (χ0n) is 22.5. The van der Waals surface area contributed by atoms with E-state index in [2.05, 4.69) is 40.5 Å². The predicted octanol–water partition coefficient (Wildman–Crippen LogP) is 3.91. The summed E-state index contributed by atoms with van der Waals surface area (Å²) >= 11 is 0. The number of piperazine rings is 1. The van der Waals surface area contributed by atoms with Crippen molar-refractivity contribution in [2.75, 3.05) is 44.2 Å². The molecule has 0 spiro atoms. The van der Waals surface area contributed by atoms with Gasteiger partial charge in [0.1, 0.15) is 0 Å². The summed E-state index contributed by atoms with van der Waals surface area (Å²) in [5.41, 5.74) is 2.20. The molecule has 2 aliphatic rings. The lowest BCUT2D eigenvalue weighted by Crippen LogP contribution is -2.60. The molecule has 0 aliphatic carbocycles. The number of hydrogen-bond donors (Lipinski definition) is 3. The van der Waals surface area contributed by atoms with E-state index in [-0.39, 0.29) is 17.4 Å². The van der Waals surface area contributed by atoms with Gasteiger partial charge in [-0.3, -0.25) is 9.69 Å². The highest BCUT2D eigenvalue weighted by atomic mass is 16.3. The topological polar surface area (TPSA) is 92.2 Å². The molecule has 2 fully saturated rings. The van der Waals surface area contributed by atoms with Crippen molar-refractivity contribution in [1.29, 1.82) is 0 Å². The lowest BCUT2D eigenvalue weighted by atomic mass is 9.93. The van der Waals surface area contributed by atoms with Gasteiger partial charge in [0.25, 0.3) is 0 Å². The molecule has 0 radical (unpaired) electrons. The molecular weight excluding hydrogens is 454 g/mol. The van der Waals surface area contributed by atoms with Gasteiger partial charge in [0.2, 0.25) is 5.91 Å². The quantitative estimate of drug-likeness (QED) is 0.285. The van der Waals surface area contributed by atoms with E-state index in [0.717, 1.165) is 63.4 Å². The second kappa shape index (κ2) is 12.3. The molecule has 8 nitrogen and oxygen atoms in total. The van der Waals surface area contributed by atoms with E-state index in [1.54, 1.807) is 38.3 Å². The lowest BCUT2D eigenvalue weighted by Gasteiger charge is -2.49. The van der Waals surface area contributed by atoms with E-state index in [4.69, 9.17) is 0 Å². The molecule has 0 aromatic carbocycles. The summed E-state index contributed by atoms with van der Waals surface area (Å²) in [6, 6.07) is 2.51. The van der Waals surface area contributed by atoms with Crippen molar-refractivity contribution >= 4 is 17.4 Å². The van der Waals surface area contributed by atoms with Crippen LogP contribution in [-0.4, -0.2) is 82.3 Å². The average Bonchev–Trinajstić information content (AvgIpc) is 2.86. The Bertz CT molecular complexity index is 991. The van der Waals surface area contributed by atoms with E-state index >= 15 is 0 Å². The largest absolute Gasteiger partial charge is 0.513 e. The molecule has 1 amide bonds. The van der Waals surface area contributed by atoms with Crippen LogP contribution in [0.4, 0.5) is 5.82 Å². The summed E-state index contributed by atoms with van der Waals surface area (Å²) in [7, 11) is 0. The summed E-state index contributed by atoms with van der Waals surface area (Å²) in [6.07, 6.45) is 6.91. The third-order valence-corrected chi connectivity index (χ3v) is 7.25. The number of piperidine rings is 1. The van der Waals surface area contributed by atoms with Crippen molar-refractivity contribution in [3.63, 3.8) is 0 Å². The number of carbonyl (C=O) groups is 1. The first-order chi connectivity index (χ1) is 17.1. The van der Waals surface area contributed by atoms with E-state index < -0.39 is 0 Å². The Morgan fingerprint density at radius 2 is 1.92 bits per heavy atom. The van der Waals surface area contributed by atoms with Gasteiger partial charge in [0.05, 0.1) is 5.76 Å². The number of aliphatic hydroxyl groups is 1. The van der Waals surface area contributed by atoms with E-state index in [0.29, 0.717) is 29.4 Å². The number of rotatable bonds is 8. The van der Waals surface area contributed by atoms with Gasteiger partial charge in [-0.05, 0) is 51.7 Å². The standard InChI is InChI=1S/C28H43N5O3/c1-7-29-22(6)23-16-26(35)27(30-17-23)32-14-15-33(25(18-32)19(2)3)24-10-12-31(13-11-24)28(36)20(4)8-9-21(5)34/h8-9,16-17,19,24-25,29,34-35H,6-7,10-15,18H2,1-5H3/b20-8+,21-9+. The monoisotopic (exact) mass is 497 g/mol. The highest BCUT2D eigenvalue weighted by Crippen LogP contribution is 2.32. The summed E-state index contributed by atoms with van der Waals surface area (Å²) in [4.78, 5) is 24.1. The fraction of sp³-hybridized carbons (Fsp3) is 0.571. The zero-order valence-corrected chi connectivity index (χ0v) is 22.5. The molecule has 1 aromatic rings. The smallest absolute Gasteiger partial charge is 0.249 e. The van der Waals surface area contributed by atoms with E-state index in [1.165, 1.54) is 0 Å². The Kier molecular flexibility index (Phi) is 9.43. The number of nitrogens with zero attached hydrogens (tertiary/aromatic N) is 4. The molecule has 2 saturated heterocycles. The fourth-order valence-electron chi connectivity index (χ4n) is 5.20. The first kappa shape index (κ1) is 27.6. The second-order valence-electron chi connectivity index (χ2n) is 10.3. The maximum atomic E-state index is 12.8. The van der Waals surface area contributed by atoms with Crippen LogP contribution in [0, 0.1) is 5.92 Å². The van der Waals surface area contributed by atoms with Crippen LogP contribution >= 0.6 is 0 Å². The Hall–Kier alpha value is -3.00. The van der Waals surface area contributed by atoms with Crippen molar-refractivity contribution in [1.82, 2.24) is 20.1 Å². The van der Waals surface area contributed by atoms with Gasteiger partial charge in [0, 0.05) is 74.4 Å². The van der Waals surface area contributed by atoms with Crippen LogP contribution in [0.2, 0.25) is 0 Å². The van der Waals surface area contributed by atoms with E-state index in [9.17, 15) is 15.0 Å². The fourth-order valence-corrected chi connectivity index (χ4v) is 5.20. The highest BCUT2D eigenvalue weighted by Gasteiger charge is 2.36. The molecule has 3 N–H and O–H groups in total. The number of allylic oxidation sites excluding steroid dienone is 3. The number of carbonyl (C=O) groups excluding carboxylic acids is 1. The van der Waals surface area contributed by atoms with Crippen LogP contribution in [0.1, 0.15) is 53.0 Å². The van der Waals surface area contributed by atoms with Crippen LogP contribution in [0.3, 0.4) is 0 Å².